The maximum absolute atomic E-state index is 10.7. The zero-order valence-electron chi connectivity index (χ0n) is 6.69. The molecule has 3 N–H and O–H groups in total. The van der Waals surface area contributed by atoms with Gasteiger partial charge in [0.25, 0.3) is 0 Å². The van der Waals surface area contributed by atoms with Gasteiger partial charge in [0.1, 0.15) is 5.75 Å². The second kappa shape index (κ2) is 3.16. The fourth-order valence-electron chi connectivity index (χ4n) is 0.860. The van der Waals surface area contributed by atoms with Crippen molar-refractivity contribution in [2.45, 2.75) is 0 Å². The zero-order valence-corrected chi connectivity index (χ0v) is 7.50. The minimum absolute atomic E-state index is 0.152. The lowest BCUT2D eigenvalue weighted by molar-refractivity contribution is 0.348. The van der Waals surface area contributed by atoms with Crippen LogP contribution in [0, 0.1) is 0 Å². The Balaban J connectivity index is 2.75. The topological polar surface area (TPSA) is 75.4 Å². The van der Waals surface area contributed by atoms with E-state index in [9.17, 15) is 8.42 Å². The van der Waals surface area contributed by atoms with E-state index in [4.69, 9.17) is 5.14 Å². The van der Waals surface area contributed by atoms with Crippen LogP contribution in [-0.2, 0) is 10.0 Å². The zero-order chi connectivity index (χ0) is 9.19. The highest BCUT2D eigenvalue weighted by Gasteiger charge is 2.12. The van der Waals surface area contributed by atoms with Crippen molar-refractivity contribution in [1.29, 1.82) is 0 Å². The van der Waals surface area contributed by atoms with Gasteiger partial charge in [-0.2, -0.15) is 0 Å². The lowest BCUT2D eigenvalue weighted by Crippen LogP contribution is -2.35. The van der Waals surface area contributed by atoms with Crippen molar-refractivity contribution in [2.75, 3.05) is 12.8 Å². The third-order valence-corrected chi connectivity index (χ3v) is 2.13. The van der Waals surface area contributed by atoms with Crippen LogP contribution >= 0.6 is 0 Å². The van der Waals surface area contributed by atoms with E-state index in [0.717, 1.165) is 0 Å². The van der Waals surface area contributed by atoms with Gasteiger partial charge in [-0.1, -0.05) is 0 Å². The molecule has 5 nitrogen and oxygen atoms in total. The van der Waals surface area contributed by atoms with Gasteiger partial charge in [0.15, 0.2) is 0 Å². The summed E-state index contributed by atoms with van der Waals surface area (Å²) in [5.41, 5.74) is 3.44. The Bertz CT molecular complexity index is 318. The van der Waals surface area contributed by atoms with E-state index in [0.29, 0.717) is 5.70 Å². The Morgan fingerprint density at radius 2 is 2.33 bits per heavy atom. The van der Waals surface area contributed by atoms with Crippen molar-refractivity contribution >= 4 is 10.0 Å². The quantitative estimate of drug-likeness (QED) is 0.591. The van der Waals surface area contributed by atoms with Gasteiger partial charge in [0.05, 0.1) is 5.70 Å². The Labute approximate surface area is 71.6 Å². The fraction of sp³-hybridized carbons (Fsp3) is 0.333. The minimum atomic E-state index is -3.44. The predicted molar refractivity (Wildman–Crippen MR) is 46.1 cm³/mol. The number of rotatable bonds is 2. The summed E-state index contributed by atoms with van der Waals surface area (Å²) in [5, 5.41) is 6.48. The van der Waals surface area contributed by atoms with Crippen LogP contribution in [0.5, 0.6) is 0 Å². The van der Waals surface area contributed by atoms with Crippen LogP contribution in [0.4, 0.5) is 0 Å². The van der Waals surface area contributed by atoms with Gasteiger partial charge in [-0.15, -0.1) is 0 Å². The number of hydrogen-bond acceptors (Lipinski definition) is 4. The maximum Gasteiger partial charge on any atom is 0.214 e. The van der Waals surface area contributed by atoms with Gasteiger partial charge in [0.2, 0.25) is 10.0 Å². The van der Waals surface area contributed by atoms with Gasteiger partial charge in [-0.05, 0) is 12.2 Å². The third kappa shape index (κ3) is 2.55. The van der Waals surface area contributed by atoms with E-state index in [2.05, 4.69) is 5.43 Å². The molecule has 0 saturated heterocycles. The van der Waals surface area contributed by atoms with E-state index in [1.165, 1.54) is 0 Å². The standard InChI is InChI=1S/C6H11N3O2S/c1-9-6(3-2-4-8-9)5-12(7,10)11/h2-4,8H,5H2,1H3,(H2,7,10,11). The van der Waals surface area contributed by atoms with Crippen LogP contribution in [0.2, 0.25) is 0 Å². The second-order valence-electron chi connectivity index (χ2n) is 2.51. The monoisotopic (exact) mass is 189 g/mol. The van der Waals surface area contributed by atoms with Gasteiger partial charge in [-0.25, -0.2) is 13.6 Å². The van der Waals surface area contributed by atoms with Crippen molar-refractivity contribution in [3.8, 4) is 0 Å². The Morgan fingerprint density at radius 1 is 1.67 bits per heavy atom. The molecule has 1 aliphatic rings. The fourth-order valence-corrected chi connectivity index (χ4v) is 1.56. The molecule has 1 heterocycles. The molecule has 0 aromatic heterocycles. The SMILES string of the molecule is CN1NC=CC=C1CS(N)(=O)=O. The van der Waals surface area contributed by atoms with E-state index < -0.39 is 10.0 Å². The highest BCUT2D eigenvalue weighted by molar-refractivity contribution is 7.89. The molecule has 0 atom stereocenters. The molecule has 0 amide bonds. The Morgan fingerprint density at radius 3 is 2.83 bits per heavy atom. The molecule has 0 unspecified atom stereocenters. The van der Waals surface area contributed by atoms with Crippen LogP contribution in [0.1, 0.15) is 0 Å². The number of nitrogens with two attached hydrogens (primary N) is 1. The van der Waals surface area contributed by atoms with Crippen LogP contribution in [0.15, 0.2) is 24.0 Å². The van der Waals surface area contributed by atoms with Crippen molar-refractivity contribution in [2.24, 2.45) is 5.14 Å². The number of hydrogen-bond donors (Lipinski definition) is 2. The predicted octanol–water partition coefficient (Wildman–Crippen LogP) is -0.877. The molecule has 0 radical (unpaired) electrons. The van der Waals surface area contributed by atoms with Gasteiger partial charge < -0.3 is 5.43 Å². The number of allylic oxidation sites excluding steroid dienone is 2. The second-order valence-corrected chi connectivity index (χ2v) is 4.13. The van der Waals surface area contributed by atoms with Crippen molar-refractivity contribution in [3.05, 3.63) is 24.0 Å². The largest absolute Gasteiger partial charge is 0.306 e. The summed E-state index contributed by atoms with van der Waals surface area (Å²) in [6.45, 7) is 0. The number of sulfonamides is 1. The first-order valence-electron chi connectivity index (χ1n) is 3.35. The van der Waals surface area contributed by atoms with Crippen LogP contribution in [-0.4, -0.2) is 26.2 Å². The van der Waals surface area contributed by atoms with Gasteiger partial charge >= 0.3 is 0 Å². The van der Waals surface area contributed by atoms with Gasteiger partial charge in [0, 0.05) is 13.2 Å². The first-order valence-corrected chi connectivity index (χ1v) is 5.07. The molecule has 6 heteroatoms. The Kier molecular flexibility index (Phi) is 2.39. The average molecular weight is 189 g/mol. The van der Waals surface area contributed by atoms with E-state index >= 15 is 0 Å². The van der Waals surface area contributed by atoms with E-state index in [1.807, 2.05) is 0 Å². The molecule has 0 spiro atoms. The molecule has 1 aliphatic heterocycles. The molecule has 0 aromatic carbocycles. The summed E-state index contributed by atoms with van der Waals surface area (Å²) in [4.78, 5) is 0. The number of nitrogens with one attached hydrogen (secondary N) is 1. The number of nitrogens with zero attached hydrogens (tertiary/aromatic N) is 1. The van der Waals surface area contributed by atoms with Gasteiger partial charge in [-0.3, -0.25) is 5.01 Å². The summed E-state index contributed by atoms with van der Waals surface area (Å²) < 4.78 is 21.4. The molecule has 68 valence electrons. The molecule has 0 fully saturated rings. The number of hydrazine groups is 1. The van der Waals surface area contributed by atoms with Crippen LogP contribution in [0.3, 0.4) is 0 Å². The molecule has 0 bridgehead atoms. The summed E-state index contributed by atoms with van der Waals surface area (Å²) in [7, 11) is -1.72. The van der Waals surface area contributed by atoms with Crippen LogP contribution < -0.4 is 10.6 Å². The summed E-state index contributed by atoms with van der Waals surface area (Å²) in [6, 6.07) is 0. The Hall–Kier alpha value is -1.01. The highest BCUT2D eigenvalue weighted by atomic mass is 32.2. The lowest BCUT2D eigenvalue weighted by Gasteiger charge is -2.23. The third-order valence-electron chi connectivity index (χ3n) is 1.43. The maximum atomic E-state index is 10.7. The van der Waals surface area contributed by atoms with Crippen LogP contribution in [0.25, 0.3) is 0 Å². The van der Waals surface area contributed by atoms with Crippen molar-refractivity contribution in [1.82, 2.24) is 10.4 Å². The minimum Gasteiger partial charge on any atom is -0.306 e. The smallest absolute Gasteiger partial charge is 0.214 e. The number of primary sulfonamides is 1. The molecular formula is C6H11N3O2S. The normalized spacial score (nSPS) is 17.2. The first kappa shape index (κ1) is 9.08. The van der Waals surface area contributed by atoms with Crippen molar-refractivity contribution < 1.29 is 8.42 Å². The summed E-state index contributed by atoms with van der Waals surface area (Å²) >= 11 is 0. The summed E-state index contributed by atoms with van der Waals surface area (Å²) in [5.74, 6) is -0.152. The first-order chi connectivity index (χ1) is 5.49. The molecule has 0 saturated carbocycles. The lowest BCUT2D eigenvalue weighted by atomic mass is 10.4. The molecular weight excluding hydrogens is 178 g/mol. The molecule has 12 heavy (non-hydrogen) atoms. The van der Waals surface area contributed by atoms with Crippen molar-refractivity contribution in [3.63, 3.8) is 0 Å². The average Bonchev–Trinajstić information content (AvgIpc) is 1.91. The van der Waals surface area contributed by atoms with E-state index in [1.54, 1.807) is 30.4 Å². The molecule has 1 rings (SSSR count). The van der Waals surface area contributed by atoms with E-state index in [-0.39, 0.29) is 5.75 Å². The summed E-state index contributed by atoms with van der Waals surface area (Å²) in [6.07, 6.45) is 5.12. The highest BCUT2D eigenvalue weighted by Crippen LogP contribution is 2.04. The molecule has 0 aliphatic carbocycles. The molecule has 0 aromatic rings.